The molecule has 3 fully saturated rings. The van der Waals surface area contributed by atoms with Gasteiger partial charge in [0.15, 0.2) is 0 Å². The molecule has 0 unspecified atom stereocenters. The molecule has 0 aliphatic heterocycles. The number of benzene rings is 1. The van der Waals surface area contributed by atoms with E-state index < -0.39 is 10.1 Å². The van der Waals surface area contributed by atoms with Crippen LogP contribution in [0.3, 0.4) is 0 Å². The molecule has 4 rings (SSSR count). The maximum Gasteiger partial charge on any atom is 1.00 e. The fourth-order valence-electron chi connectivity index (χ4n) is 6.13. The summed E-state index contributed by atoms with van der Waals surface area (Å²) < 4.78 is 37.2. The fraction of sp³-hybridized carbons (Fsp3) is 0.750. The van der Waals surface area contributed by atoms with Gasteiger partial charge in [-0.25, -0.2) is 8.42 Å². The van der Waals surface area contributed by atoms with Gasteiger partial charge >= 0.3 is 29.6 Å². The first-order valence-electron chi connectivity index (χ1n) is 11.7. The second-order valence-corrected chi connectivity index (χ2v) is 10.8. The Hall–Kier alpha value is 0.130. The third kappa shape index (κ3) is 5.68. The Morgan fingerprint density at radius 1 is 0.655 bits per heavy atom. The molecule has 0 aromatic heterocycles. The number of hydrogen-bond acceptors (Lipinski definition) is 3. The van der Waals surface area contributed by atoms with E-state index in [-0.39, 0.29) is 40.4 Å². The minimum absolute atomic E-state index is 0. The minimum atomic E-state index is -4.46. The predicted octanol–water partition coefficient (Wildman–Crippen LogP) is 3.74. The van der Waals surface area contributed by atoms with Gasteiger partial charge in [0.2, 0.25) is 0 Å². The predicted molar refractivity (Wildman–Crippen MR) is 112 cm³/mol. The first-order valence-corrected chi connectivity index (χ1v) is 13.1. The number of hydrogen-bond donors (Lipinski definition) is 0. The monoisotopic (exact) mass is 426 g/mol. The van der Waals surface area contributed by atoms with Crippen molar-refractivity contribution in [2.75, 3.05) is 0 Å². The molecular formula is C24H35NaO3S. The quantitative estimate of drug-likeness (QED) is 0.544. The van der Waals surface area contributed by atoms with Crippen LogP contribution in [0, 0.1) is 0 Å². The topological polar surface area (TPSA) is 57.2 Å². The summed E-state index contributed by atoms with van der Waals surface area (Å²) in [6.07, 6.45) is 17.6. The van der Waals surface area contributed by atoms with E-state index in [9.17, 15) is 13.0 Å². The van der Waals surface area contributed by atoms with Gasteiger partial charge in [0.1, 0.15) is 10.1 Å². The zero-order valence-electron chi connectivity index (χ0n) is 18.1. The second-order valence-electron chi connectivity index (χ2n) is 9.48. The summed E-state index contributed by atoms with van der Waals surface area (Å²) in [6.45, 7) is 0. The molecule has 3 nitrogen and oxygen atoms in total. The van der Waals surface area contributed by atoms with Crippen LogP contribution in [-0.2, 0) is 10.1 Å². The summed E-state index contributed by atoms with van der Waals surface area (Å²) in [4.78, 5) is 0.142. The van der Waals surface area contributed by atoms with Crippen LogP contribution in [0.1, 0.15) is 131 Å². The Balaban J connectivity index is 0.00000240. The van der Waals surface area contributed by atoms with Gasteiger partial charge in [-0.1, -0.05) is 63.9 Å². The molecule has 5 heteroatoms. The van der Waals surface area contributed by atoms with Crippen LogP contribution in [0.2, 0.25) is 0 Å². The zero-order valence-corrected chi connectivity index (χ0v) is 20.9. The first kappa shape index (κ1) is 23.8. The fourth-order valence-corrected chi connectivity index (χ4v) is 6.96. The van der Waals surface area contributed by atoms with Gasteiger partial charge in [0, 0.05) is 0 Å². The summed E-state index contributed by atoms with van der Waals surface area (Å²) in [5.41, 5.74) is 3.31. The molecule has 0 saturated heterocycles. The summed E-state index contributed by atoms with van der Waals surface area (Å²) in [5.74, 6) is 1.12. The molecule has 1 aromatic carbocycles. The van der Waals surface area contributed by atoms with E-state index in [1.54, 1.807) is 6.07 Å². The van der Waals surface area contributed by atoms with Crippen molar-refractivity contribution in [3.63, 3.8) is 0 Å². The number of rotatable bonds is 4. The van der Waals surface area contributed by atoms with E-state index in [1.165, 1.54) is 50.5 Å². The molecule has 3 aliphatic rings. The van der Waals surface area contributed by atoms with Gasteiger partial charge in [-0.15, -0.1) is 0 Å². The van der Waals surface area contributed by atoms with Crippen LogP contribution in [0.15, 0.2) is 17.0 Å². The SMILES string of the molecule is O=S(=O)([O-])c1cc(C2CCCCC2)cc(C2CCCCC2)c1C1CCCCC1.[Na+]. The van der Waals surface area contributed by atoms with Crippen LogP contribution in [0.4, 0.5) is 0 Å². The van der Waals surface area contributed by atoms with Crippen molar-refractivity contribution >= 4 is 10.1 Å². The van der Waals surface area contributed by atoms with Crippen LogP contribution in [0.5, 0.6) is 0 Å². The largest absolute Gasteiger partial charge is 1.00 e. The zero-order chi connectivity index (χ0) is 19.6. The average molecular weight is 427 g/mol. The normalized spacial score (nSPS) is 22.9. The van der Waals surface area contributed by atoms with E-state index in [4.69, 9.17) is 0 Å². The molecule has 0 radical (unpaired) electrons. The third-order valence-corrected chi connectivity index (χ3v) is 8.48. The van der Waals surface area contributed by atoms with Crippen LogP contribution in [0.25, 0.3) is 0 Å². The summed E-state index contributed by atoms with van der Waals surface area (Å²) in [7, 11) is -4.46. The standard InChI is InChI=1S/C24H36O3S.Na/c25-28(26,27)23-17-21(18-10-4-1-5-11-18)16-22(19-12-6-2-7-13-19)24(23)20-14-8-3-9-15-20;/h16-20H,1-15H2,(H,25,26,27);/q;+1/p-1. The van der Waals surface area contributed by atoms with E-state index in [2.05, 4.69) is 6.07 Å². The first-order chi connectivity index (χ1) is 13.5. The van der Waals surface area contributed by atoms with E-state index in [1.807, 2.05) is 0 Å². The molecule has 3 saturated carbocycles. The molecule has 0 bridgehead atoms. The van der Waals surface area contributed by atoms with Crippen LogP contribution in [-0.4, -0.2) is 13.0 Å². The Bertz CT molecular complexity index is 772. The summed E-state index contributed by atoms with van der Waals surface area (Å²) in [6, 6.07) is 4.15. The Kier molecular flexibility index (Phi) is 8.72. The van der Waals surface area contributed by atoms with Gasteiger partial charge in [0.05, 0.1) is 4.90 Å². The summed E-state index contributed by atoms with van der Waals surface area (Å²) >= 11 is 0. The summed E-state index contributed by atoms with van der Waals surface area (Å²) in [5, 5.41) is 0. The minimum Gasteiger partial charge on any atom is -0.744 e. The van der Waals surface area contributed by atoms with Gasteiger partial charge in [-0.2, -0.15) is 0 Å². The molecule has 0 heterocycles. The third-order valence-electron chi connectivity index (χ3n) is 7.60. The van der Waals surface area contributed by atoms with Crippen LogP contribution >= 0.6 is 0 Å². The van der Waals surface area contributed by atoms with Crippen molar-refractivity contribution in [2.45, 2.75) is 119 Å². The van der Waals surface area contributed by atoms with Gasteiger partial charge < -0.3 is 4.55 Å². The smallest absolute Gasteiger partial charge is 0.744 e. The molecule has 3 aliphatic carbocycles. The molecule has 1 aromatic rings. The maximum absolute atomic E-state index is 12.4. The van der Waals surface area contributed by atoms with Crippen molar-refractivity contribution in [3.8, 4) is 0 Å². The van der Waals surface area contributed by atoms with E-state index in [0.717, 1.165) is 62.5 Å². The molecule has 0 N–H and O–H groups in total. The Morgan fingerprint density at radius 3 is 1.59 bits per heavy atom. The van der Waals surface area contributed by atoms with Crippen LogP contribution < -0.4 is 29.6 Å². The molecule has 0 spiro atoms. The molecular weight excluding hydrogens is 391 g/mol. The van der Waals surface area contributed by atoms with E-state index in [0.29, 0.717) is 11.8 Å². The molecule has 29 heavy (non-hydrogen) atoms. The van der Waals surface area contributed by atoms with Crippen molar-refractivity contribution in [1.29, 1.82) is 0 Å². The maximum atomic E-state index is 12.4. The average Bonchev–Trinajstić information content (AvgIpc) is 2.74. The molecule has 0 amide bonds. The van der Waals surface area contributed by atoms with Gasteiger partial charge in [-0.05, 0) is 79.0 Å². The van der Waals surface area contributed by atoms with Crippen molar-refractivity contribution < 1.29 is 42.5 Å². The van der Waals surface area contributed by atoms with Gasteiger partial charge in [0.25, 0.3) is 0 Å². The second kappa shape index (κ2) is 10.6. The van der Waals surface area contributed by atoms with E-state index >= 15 is 0 Å². The molecule has 156 valence electrons. The van der Waals surface area contributed by atoms with Gasteiger partial charge in [-0.3, -0.25) is 0 Å². The van der Waals surface area contributed by atoms with Crippen molar-refractivity contribution in [3.05, 3.63) is 28.8 Å². The molecule has 0 atom stereocenters. The van der Waals surface area contributed by atoms with Crippen molar-refractivity contribution in [2.24, 2.45) is 0 Å². The Labute approximate surface area is 199 Å². The Morgan fingerprint density at radius 2 is 1.10 bits per heavy atom. The van der Waals surface area contributed by atoms with Crippen molar-refractivity contribution in [1.82, 2.24) is 0 Å².